The van der Waals surface area contributed by atoms with Crippen molar-refractivity contribution in [2.24, 2.45) is 10.9 Å². The van der Waals surface area contributed by atoms with E-state index in [0.29, 0.717) is 0 Å². The van der Waals surface area contributed by atoms with Gasteiger partial charge in [-0.25, -0.2) is 0 Å². The topological polar surface area (TPSA) is 71.1 Å². The van der Waals surface area contributed by atoms with Gasteiger partial charge in [0.2, 0.25) is 0 Å². The van der Waals surface area contributed by atoms with Crippen LogP contribution in [0.25, 0.3) is 0 Å². The Hall–Kier alpha value is -1.75. The minimum absolute atomic E-state index is 0.146. The maximum Gasteiger partial charge on any atom is 0.170 e. The molecule has 104 valence electrons. The number of aryl methyl sites for hydroxylation is 1. The highest BCUT2D eigenvalue weighted by Gasteiger charge is 2.22. The number of nitrogens with two attached hydrogens (primary N) is 1. The quantitative estimate of drug-likeness (QED) is 0.369. The van der Waals surface area contributed by atoms with Crippen LogP contribution in [0.15, 0.2) is 23.4 Å². The molecule has 0 bridgehead atoms. The normalized spacial score (nSPS) is 24.6. The number of amidine groups is 1. The first kappa shape index (κ1) is 13.7. The molecule has 1 fully saturated rings. The number of nitrogens with zero attached hydrogens (tertiary/aromatic N) is 2. The summed E-state index contributed by atoms with van der Waals surface area (Å²) in [6, 6.07) is 5.97. The SMILES string of the molecule is Cc1cc(N2CC(C)OC(C)C2)ccc1/C(N)=N/O. The van der Waals surface area contributed by atoms with Crippen molar-refractivity contribution in [1.29, 1.82) is 0 Å². The molecule has 1 aliphatic heterocycles. The molecule has 0 radical (unpaired) electrons. The van der Waals surface area contributed by atoms with Crippen molar-refractivity contribution in [2.75, 3.05) is 18.0 Å². The average Bonchev–Trinajstić information content (AvgIpc) is 2.36. The Balaban J connectivity index is 2.24. The van der Waals surface area contributed by atoms with Crippen LogP contribution in [0.4, 0.5) is 5.69 Å². The highest BCUT2D eigenvalue weighted by molar-refractivity contribution is 5.98. The number of rotatable bonds is 2. The largest absolute Gasteiger partial charge is 0.409 e. The fourth-order valence-corrected chi connectivity index (χ4v) is 2.57. The van der Waals surface area contributed by atoms with Crippen LogP contribution in [0.5, 0.6) is 0 Å². The zero-order valence-electron chi connectivity index (χ0n) is 11.6. The van der Waals surface area contributed by atoms with Crippen LogP contribution in [-0.4, -0.2) is 36.3 Å². The van der Waals surface area contributed by atoms with E-state index in [2.05, 4.69) is 30.0 Å². The number of anilines is 1. The van der Waals surface area contributed by atoms with E-state index < -0.39 is 0 Å². The molecule has 2 rings (SSSR count). The van der Waals surface area contributed by atoms with Gasteiger partial charge in [-0.3, -0.25) is 0 Å². The Kier molecular flexibility index (Phi) is 3.95. The van der Waals surface area contributed by atoms with Gasteiger partial charge in [-0.05, 0) is 44.5 Å². The van der Waals surface area contributed by atoms with Gasteiger partial charge in [-0.1, -0.05) is 5.16 Å². The number of hydrogen-bond donors (Lipinski definition) is 2. The van der Waals surface area contributed by atoms with Crippen LogP contribution in [0.2, 0.25) is 0 Å². The van der Waals surface area contributed by atoms with Gasteiger partial charge >= 0.3 is 0 Å². The first-order valence-electron chi connectivity index (χ1n) is 6.50. The Morgan fingerprint density at radius 3 is 2.53 bits per heavy atom. The molecule has 19 heavy (non-hydrogen) atoms. The lowest BCUT2D eigenvalue weighted by Crippen LogP contribution is -2.45. The van der Waals surface area contributed by atoms with E-state index in [0.717, 1.165) is 29.9 Å². The summed E-state index contributed by atoms with van der Waals surface area (Å²) in [6.07, 6.45) is 0.459. The number of ether oxygens (including phenoxy) is 1. The Morgan fingerprint density at radius 2 is 2.00 bits per heavy atom. The number of hydrogen-bond acceptors (Lipinski definition) is 4. The molecule has 0 spiro atoms. The maximum atomic E-state index is 8.74. The molecule has 0 saturated carbocycles. The molecule has 0 aliphatic carbocycles. The highest BCUT2D eigenvalue weighted by atomic mass is 16.5. The Labute approximate surface area is 113 Å². The molecule has 2 unspecified atom stereocenters. The van der Waals surface area contributed by atoms with Gasteiger partial charge in [0, 0.05) is 24.3 Å². The second-order valence-corrected chi connectivity index (χ2v) is 5.15. The third-order valence-corrected chi connectivity index (χ3v) is 3.38. The van der Waals surface area contributed by atoms with Crippen LogP contribution in [0, 0.1) is 6.92 Å². The molecular weight excluding hydrogens is 242 g/mol. The van der Waals surface area contributed by atoms with Crippen molar-refractivity contribution >= 4 is 11.5 Å². The summed E-state index contributed by atoms with van der Waals surface area (Å²) in [5, 5.41) is 11.8. The zero-order valence-corrected chi connectivity index (χ0v) is 11.6. The van der Waals surface area contributed by atoms with Gasteiger partial charge in [-0.2, -0.15) is 0 Å². The fourth-order valence-electron chi connectivity index (χ4n) is 2.57. The fraction of sp³-hybridized carbons (Fsp3) is 0.500. The number of oxime groups is 1. The third kappa shape index (κ3) is 2.98. The lowest BCUT2D eigenvalue weighted by atomic mass is 10.1. The van der Waals surface area contributed by atoms with E-state index in [4.69, 9.17) is 15.7 Å². The predicted molar refractivity (Wildman–Crippen MR) is 75.9 cm³/mol. The lowest BCUT2D eigenvalue weighted by molar-refractivity contribution is -0.00522. The molecule has 1 aromatic carbocycles. The third-order valence-electron chi connectivity index (χ3n) is 3.38. The average molecular weight is 263 g/mol. The molecule has 3 N–H and O–H groups in total. The molecule has 5 heteroatoms. The summed E-state index contributed by atoms with van der Waals surface area (Å²) in [6.45, 7) is 7.89. The van der Waals surface area contributed by atoms with Crippen LogP contribution in [-0.2, 0) is 4.74 Å². The standard InChI is InChI=1S/C14H21N3O2/c1-9-6-12(4-5-13(9)14(15)16-18)17-7-10(2)19-11(3)8-17/h4-6,10-11,18H,7-8H2,1-3H3,(H2,15,16). The molecular formula is C14H21N3O2. The van der Waals surface area contributed by atoms with Gasteiger partial charge in [0.15, 0.2) is 5.84 Å². The van der Waals surface area contributed by atoms with Crippen molar-refractivity contribution < 1.29 is 9.94 Å². The van der Waals surface area contributed by atoms with Crippen molar-refractivity contribution in [1.82, 2.24) is 0 Å². The minimum atomic E-state index is 0.146. The number of benzene rings is 1. The van der Waals surface area contributed by atoms with E-state index in [9.17, 15) is 0 Å². The summed E-state index contributed by atoms with van der Waals surface area (Å²) in [4.78, 5) is 2.31. The van der Waals surface area contributed by atoms with Crippen LogP contribution < -0.4 is 10.6 Å². The van der Waals surface area contributed by atoms with Gasteiger partial charge in [0.05, 0.1) is 12.2 Å². The molecule has 2 atom stereocenters. The van der Waals surface area contributed by atoms with Crippen molar-refractivity contribution in [3.05, 3.63) is 29.3 Å². The monoisotopic (exact) mass is 263 g/mol. The highest BCUT2D eigenvalue weighted by Crippen LogP contribution is 2.23. The van der Waals surface area contributed by atoms with Crippen molar-refractivity contribution in [3.8, 4) is 0 Å². The van der Waals surface area contributed by atoms with E-state index in [1.54, 1.807) is 0 Å². The first-order chi connectivity index (χ1) is 9.01. The second-order valence-electron chi connectivity index (χ2n) is 5.15. The first-order valence-corrected chi connectivity index (χ1v) is 6.50. The summed E-state index contributed by atoms with van der Waals surface area (Å²) in [5.41, 5.74) is 8.55. The maximum absolute atomic E-state index is 8.74. The summed E-state index contributed by atoms with van der Waals surface area (Å²) >= 11 is 0. The molecule has 5 nitrogen and oxygen atoms in total. The summed E-state index contributed by atoms with van der Waals surface area (Å²) in [7, 11) is 0. The lowest BCUT2D eigenvalue weighted by Gasteiger charge is -2.37. The van der Waals surface area contributed by atoms with E-state index in [1.165, 1.54) is 0 Å². The van der Waals surface area contributed by atoms with E-state index >= 15 is 0 Å². The van der Waals surface area contributed by atoms with E-state index in [1.807, 2.05) is 19.1 Å². The summed E-state index contributed by atoms with van der Waals surface area (Å²) in [5.74, 6) is 0.146. The van der Waals surface area contributed by atoms with Crippen molar-refractivity contribution in [3.63, 3.8) is 0 Å². The predicted octanol–water partition coefficient (Wildman–Crippen LogP) is 1.70. The van der Waals surface area contributed by atoms with Crippen LogP contribution >= 0.6 is 0 Å². The molecule has 0 aromatic heterocycles. The van der Waals surface area contributed by atoms with Crippen molar-refractivity contribution in [2.45, 2.75) is 33.0 Å². The smallest absolute Gasteiger partial charge is 0.170 e. The van der Waals surface area contributed by atoms with Crippen LogP contribution in [0.1, 0.15) is 25.0 Å². The van der Waals surface area contributed by atoms with Crippen LogP contribution in [0.3, 0.4) is 0 Å². The summed E-state index contributed by atoms with van der Waals surface area (Å²) < 4.78 is 5.73. The van der Waals surface area contributed by atoms with Gasteiger partial charge in [0.25, 0.3) is 0 Å². The molecule has 1 aliphatic rings. The molecule has 1 aromatic rings. The van der Waals surface area contributed by atoms with Gasteiger partial charge in [0.1, 0.15) is 0 Å². The second kappa shape index (κ2) is 5.48. The number of morpholine rings is 1. The Bertz CT molecular complexity index is 478. The van der Waals surface area contributed by atoms with Gasteiger partial charge in [-0.15, -0.1) is 0 Å². The molecule has 1 saturated heterocycles. The van der Waals surface area contributed by atoms with Gasteiger partial charge < -0.3 is 20.6 Å². The Morgan fingerprint density at radius 1 is 1.37 bits per heavy atom. The zero-order chi connectivity index (χ0) is 14.0. The molecule has 0 amide bonds. The minimum Gasteiger partial charge on any atom is -0.409 e. The van der Waals surface area contributed by atoms with E-state index in [-0.39, 0.29) is 18.0 Å². The molecule has 1 heterocycles.